The van der Waals surface area contributed by atoms with Crippen molar-refractivity contribution in [1.82, 2.24) is 15.8 Å². The third-order valence-corrected chi connectivity index (χ3v) is 7.39. The molecule has 1 aromatic heterocycles. The van der Waals surface area contributed by atoms with Crippen molar-refractivity contribution < 1.29 is 19.1 Å². The number of nitrogens with zero attached hydrogens (tertiary/aromatic N) is 1. The topological polar surface area (TPSA) is 89.5 Å². The Kier molecular flexibility index (Phi) is 6.64. The number of amides is 2. The molecule has 9 heteroatoms. The van der Waals surface area contributed by atoms with Gasteiger partial charge in [-0.2, -0.15) is 0 Å². The Morgan fingerprint density at radius 3 is 2.50 bits per heavy atom. The van der Waals surface area contributed by atoms with Crippen LogP contribution in [0.5, 0.6) is 11.5 Å². The maximum Gasteiger partial charge on any atom is 0.269 e. The minimum Gasteiger partial charge on any atom is -0.486 e. The minimum absolute atomic E-state index is 0.110. The molecule has 0 spiro atoms. The van der Waals surface area contributed by atoms with E-state index < -0.39 is 0 Å². The van der Waals surface area contributed by atoms with Gasteiger partial charge in [-0.1, -0.05) is 42.1 Å². The van der Waals surface area contributed by atoms with Crippen molar-refractivity contribution in [3.05, 3.63) is 83.4 Å². The number of carbonyl (C=O) groups excluding carboxylic acids is 2. The first-order chi connectivity index (χ1) is 16.6. The van der Waals surface area contributed by atoms with Gasteiger partial charge in [-0.3, -0.25) is 20.4 Å². The fourth-order valence-corrected chi connectivity index (χ4v) is 5.46. The summed E-state index contributed by atoms with van der Waals surface area (Å²) in [5.74, 6) is 1.36. The molecule has 0 radical (unpaired) electrons. The molecule has 172 valence electrons. The molecule has 1 aliphatic rings. The zero-order valence-corrected chi connectivity index (χ0v) is 19.7. The number of nitrogens with one attached hydrogen (secondary N) is 2. The van der Waals surface area contributed by atoms with Gasteiger partial charge in [0.2, 0.25) is 5.91 Å². The van der Waals surface area contributed by atoms with Crippen LogP contribution in [0.2, 0.25) is 0 Å². The third kappa shape index (κ3) is 5.32. The average Bonchev–Trinajstić information content (AvgIpc) is 3.29. The first-order valence-electron chi connectivity index (χ1n) is 10.7. The van der Waals surface area contributed by atoms with Crippen LogP contribution in [0.15, 0.2) is 71.1 Å². The van der Waals surface area contributed by atoms with E-state index >= 15 is 0 Å². The number of hydrogen-bond acceptors (Lipinski definition) is 7. The Hall–Kier alpha value is -3.56. The van der Waals surface area contributed by atoms with E-state index in [4.69, 9.17) is 9.47 Å². The van der Waals surface area contributed by atoms with Gasteiger partial charge in [-0.25, -0.2) is 4.98 Å². The van der Waals surface area contributed by atoms with Crippen LogP contribution >= 0.6 is 23.1 Å². The number of thiazole rings is 1. The first kappa shape index (κ1) is 22.2. The van der Waals surface area contributed by atoms with Crippen molar-refractivity contribution in [3.8, 4) is 11.5 Å². The van der Waals surface area contributed by atoms with Crippen LogP contribution in [-0.2, 0) is 17.0 Å². The van der Waals surface area contributed by atoms with E-state index in [1.165, 1.54) is 4.70 Å². The van der Waals surface area contributed by atoms with E-state index in [1.807, 2.05) is 30.3 Å². The second-order valence-electron chi connectivity index (χ2n) is 7.59. The fourth-order valence-electron chi connectivity index (χ4n) is 3.44. The number of aromatic nitrogens is 1. The lowest BCUT2D eigenvalue weighted by molar-refractivity contribution is -0.121. The summed E-state index contributed by atoms with van der Waals surface area (Å²) in [6, 6.07) is 20.8. The molecule has 0 bridgehead atoms. The molecule has 2 N–H and O–H groups in total. The smallest absolute Gasteiger partial charge is 0.269 e. The molecule has 1 aliphatic heterocycles. The van der Waals surface area contributed by atoms with Crippen LogP contribution in [0.1, 0.15) is 21.5 Å². The van der Waals surface area contributed by atoms with E-state index in [0.717, 1.165) is 26.7 Å². The van der Waals surface area contributed by atoms with Crippen molar-refractivity contribution in [2.24, 2.45) is 0 Å². The van der Waals surface area contributed by atoms with Crippen LogP contribution < -0.4 is 20.3 Å². The van der Waals surface area contributed by atoms with Gasteiger partial charge in [-0.15, -0.1) is 11.3 Å². The Morgan fingerprint density at radius 2 is 1.68 bits per heavy atom. The molecule has 3 aromatic carbocycles. The number of ether oxygens (including phenoxy) is 2. The minimum atomic E-state index is -0.374. The van der Waals surface area contributed by atoms with Crippen LogP contribution in [0.3, 0.4) is 0 Å². The Morgan fingerprint density at radius 1 is 0.912 bits per heavy atom. The van der Waals surface area contributed by atoms with Crippen molar-refractivity contribution in [2.75, 3.05) is 13.2 Å². The number of carbonyl (C=O) groups is 2. The number of thioether (sulfide) groups is 1. The number of fused-ring (bicyclic) bond motifs is 2. The van der Waals surface area contributed by atoms with Crippen molar-refractivity contribution in [2.45, 2.75) is 16.5 Å². The second-order valence-corrected chi connectivity index (χ2v) is 9.84. The van der Waals surface area contributed by atoms with Gasteiger partial charge in [0.25, 0.3) is 5.91 Å². The molecule has 2 heterocycles. The van der Waals surface area contributed by atoms with E-state index in [2.05, 4.69) is 21.9 Å². The second kappa shape index (κ2) is 10.1. The number of hydrazine groups is 1. The average molecular weight is 492 g/mol. The first-order valence-corrected chi connectivity index (χ1v) is 12.5. The standard InChI is InChI=1S/C25H21N3O4S2/c29-23(14-17-7-10-20-21(13-17)32-12-11-31-20)27-28-24(30)18-8-5-16(6-9-18)15-33-25-26-19-3-1-2-4-22(19)34-25/h1-10,13H,11-12,14-15H2,(H,27,29)(H,28,30). The monoisotopic (exact) mass is 491 g/mol. The number of hydrogen-bond donors (Lipinski definition) is 2. The van der Waals surface area contributed by atoms with E-state index in [0.29, 0.717) is 30.3 Å². The Labute approximate surface area is 204 Å². The lowest BCUT2D eigenvalue weighted by Gasteiger charge is -2.18. The molecule has 2 amide bonds. The van der Waals surface area contributed by atoms with Crippen LogP contribution in [0, 0.1) is 0 Å². The number of benzene rings is 3. The fraction of sp³-hybridized carbons (Fsp3) is 0.160. The molecule has 5 rings (SSSR count). The molecule has 4 aromatic rings. The molecule has 7 nitrogen and oxygen atoms in total. The highest BCUT2D eigenvalue weighted by atomic mass is 32.2. The molecule has 0 atom stereocenters. The van der Waals surface area contributed by atoms with Gasteiger partial charge in [-0.05, 0) is 47.5 Å². The molecule has 0 aliphatic carbocycles. The van der Waals surface area contributed by atoms with E-state index in [1.54, 1.807) is 53.4 Å². The zero-order chi connectivity index (χ0) is 23.3. The molecule has 0 unspecified atom stereocenters. The summed E-state index contributed by atoms with van der Waals surface area (Å²) in [5.41, 5.74) is 8.26. The lowest BCUT2D eigenvalue weighted by Crippen LogP contribution is -2.42. The van der Waals surface area contributed by atoms with E-state index in [-0.39, 0.29) is 18.2 Å². The molecule has 0 fully saturated rings. The van der Waals surface area contributed by atoms with Crippen LogP contribution in [0.25, 0.3) is 10.2 Å². The zero-order valence-electron chi connectivity index (χ0n) is 18.1. The molecule has 34 heavy (non-hydrogen) atoms. The molecular formula is C25H21N3O4S2. The van der Waals surface area contributed by atoms with Gasteiger partial charge >= 0.3 is 0 Å². The molecule has 0 saturated carbocycles. The maximum atomic E-state index is 12.4. The summed E-state index contributed by atoms with van der Waals surface area (Å²) in [4.78, 5) is 29.3. The van der Waals surface area contributed by atoms with Crippen molar-refractivity contribution in [3.63, 3.8) is 0 Å². The summed E-state index contributed by atoms with van der Waals surface area (Å²) in [6.07, 6.45) is 0.110. The van der Waals surface area contributed by atoms with Crippen molar-refractivity contribution in [1.29, 1.82) is 0 Å². The summed E-state index contributed by atoms with van der Waals surface area (Å²) in [6.45, 7) is 1.000. The summed E-state index contributed by atoms with van der Waals surface area (Å²) in [7, 11) is 0. The van der Waals surface area contributed by atoms with Gasteiger partial charge in [0.15, 0.2) is 15.8 Å². The molecule has 0 saturated heterocycles. The normalized spacial score (nSPS) is 12.4. The number of para-hydroxylation sites is 1. The largest absolute Gasteiger partial charge is 0.486 e. The summed E-state index contributed by atoms with van der Waals surface area (Å²) in [5, 5.41) is 0. The molecular weight excluding hydrogens is 470 g/mol. The number of rotatable bonds is 6. The summed E-state index contributed by atoms with van der Waals surface area (Å²) < 4.78 is 13.2. The van der Waals surface area contributed by atoms with Crippen LogP contribution in [-0.4, -0.2) is 30.0 Å². The predicted octanol–water partition coefficient (Wildman–Crippen LogP) is 4.36. The van der Waals surface area contributed by atoms with Gasteiger partial charge in [0.1, 0.15) is 13.2 Å². The highest BCUT2D eigenvalue weighted by Gasteiger charge is 2.14. The SMILES string of the molecule is O=C(Cc1ccc2c(c1)OCCO2)NNC(=O)c1ccc(CSc2nc3ccccc3s2)cc1. The maximum absolute atomic E-state index is 12.4. The Bertz CT molecular complexity index is 1300. The van der Waals surface area contributed by atoms with Gasteiger partial charge in [0.05, 0.1) is 16.6 Å². The Balaban J connectivity index is 1.10. The van der Waals surface area contributed by atoms with E-state index in [9.17, 15) is 9.59 Å². The quantitative estimate of drug-likeness (QED) is 0.308. The predicted molar refractivity (Wildman–Crippen MR) is 132 cm³/mol. The summed E-state index contributed by atoms with van der Waals surface area (Å²) >= 11 is 3.35. The highest BCUT2D eigenvalue weighted by molar-refractivity contribution is 8.00. The third-order valence-electron chi connectivity index (χ3n) is 5.14. The van der Waals surface area contributed by atoms with Gasteiger partial charge in [0, 0.05) is 11.3 Å². The van der Waals surface area contributed by atoms with Crippen LogP contribution in [0.4, 0.5) is 0 Å². The van der Waals surface area contributed by atoms with Gasteiger partial charge < -0.3 is 9.47 Å². The highest BCUT2D eigenvalue weighted by Crippen LogP contribution is 2.32. The van der Waals surface area contributed by atoms with Crippen molar-refractivity contribution >= 4 is 45.1 Å². The lowest BCUT2D eigenvalue weighted by atomic mass is 10.1.